The summed E-state index contributed by atoms with van der Waals surface area (Å²) < 4.78 is 15.9. The van der Waals surface area contributed by atoms with Gasteiger partial charge in [0.25, 0.3) is 17.5 Å². The molecule has 0 saturated carbocycles. The largest absolute Gasteiger partial charge is 0.463 e. The number of ether oxygens (including phenoxy) is 1. The van der Waals surface area contributed by atoms with Gasteiger partial charge >= 0.3 is 5.97 Å². The minimum absolute atomic E-state index is 0.141. The average Bonchev–Trinajstić information content (AvgIpc) is 3.47. The van der Waals surface area contributed by atoms with E-state index in [1.165, 1.54) is 12.3 Å². The Morgan fingerprint density at radius 3 is 2.50 bits per heavy atom. The molecule has 9 nitrogen and oxygen atoms in total. The molecule has 9 heteroatoms. The SMILES string of the molecule is Cc1noc2nc(-c3ccco3)cc(C(=O)OCN3C(=O)c4ccccc4C3=O)c12. The predicted molar refractivity (Wildman–Crippen MR) is 101 cm³/mol. The van der Waals surface area contributed by atoms with Crippen LogP contribution in [0.4, 0.5) is 0 Å². The maximum atomic E-state index is 12.9. The molecule has 0 atom stereocenters. The van der Waals surface area contributed by atoms with Gasteiger partial charge in [0.1, 0.15) is 5.69 Å². The average molecular weight is 403 g/mol. The molecule has 1 aromatic carbocycles. The molecular weight excluding hydrogens is 390 g/mol. The monoisotopic (exact) mass is 403 g/mol. The second-order valence-corrected chi connectivity index (χ2v) is 6.63. The summed E-state index contributed by atoms with van der Waals surface area (Å²) in [5, 5.41) is 4.24. The topological polar surface area (TPSA) is 116 Å². The van der Waals surface area contributed by atoms with Crippen molar-refractivity contribution in [1.29, 1.82) is 0 Å². The number of fused-ring (bicyclic) bond motifs is 2. The van der Waals surface area contributed by atoms with Crippen LogP contribution in [-0.2, 0) is 4.74 Å². The molecule has 0 saturated heterocycles. The maximum absolute atomic E-state index is 12.9. The van der Waals surface area contributed by atoms with Gasteiger partial charge in [0.05, 0.1) is 34.0 Å². The van der Waals surface area contributed by atoms with Crippen molar-refractivity contribution in [2.75, 3.05) is 6.73 Å². The van der Waals surface area contributed by atoms with E-state index in [0.717, 1.165) is 4.90 Å². The lowest BCUT2D eigenvalue weighted by atomic mass is 10.1. The lowest BCUT2D eigenvalue weighted by Gasteiger charge is -2.14. The van der Waals surface area contributed by atoms with Crippen LogP contribution in [0.25, 0.3) is 22.6 Å². The van der Waals surface area contributed by atoms with Gasteiger partial charge in [0.2, 0.25) is 0 Å². The van der Waals surface area contributed by atoms with Crippen molar-refractivity contribution in [3.63, 3.8) is 0 Å². The molecule has 1 aliphatic rings. The summed E-state index contributed by atoms with van der Waals surface area (Å²) >= 11 is 0. The van der Waals surface area contributed by atoms with Crippen LogP contribution in [0.3, 0.4) is 0 Å². The lowest BCUT2D eigenvalue weighted by Crippen LogP contribution is -2.33. The number of aromatic nitrogens is 2. The van der Waals surface area contributed by atoms with Crippen molar-refractivity contribution < 1.29 is 28.1 Å². The number of carbonyl (C=O) groups excluding carboxylic acids is 3. The number of nitrogens with zero attached hydrogens (tertiary/aromatic N) is 3. The first kappa shape index (κ1) is 17.8. The highest BCUT2D eigenvalue weighted by molar-refractivity contribution is 6.21. The molecule has 0 radical (unpaired) electrons. The summed E-state index contributed by atoms with van der Waals surface area (Å²) in [6, 6.07) is 11.3. The normalized spacial score (nSPS) is 13.2. The first-order chi connectivity index (χ1) is 14.5. The summed E-state index contributed by atoms with van der Waals surface area (Å²) in [6.45, 7) is 1.15. The van der Waals surface area contributed by atoms with Gasteiger partial charge in [-0.25, -0.2) is 14.7 Å². The number of amides is 2. The van der Waals surface area contributed by atoms with E-state index in [9.17, 15) is 14.4 Å². The minimum Gasteiger partial charge on any atom is -0.463 e. The zero-order valence-electron chi connectivity index (χ0n) is 15.6. The molecule has 5 rings (SSSR count). The van der Waals surface area contributed by atoms with E-state index in [1.807, 2.05) is 0 Å². The predicted octanol–water partition coefficient (Wildman–Crippen LogP) is 3.20. The number of pyridine rings is 1. The van der Waals surface area contributed by atoms with Gasteiger partial charge in [0, 0.05) is 0 Å². The Kier molecular flexibility index (Phi) is 3.95. The summed E-state index contributed by atoms with van der Waals surface area (Å²) in [5.41, 5.74) is 1.66. The smallest absolute Gasteiger partial charge is 0.340 e. The minimum atomic E-state index is -0.752. The van der Waals surface area contributed by atoms with Crippen LogP contribution in [-0.4, -0.2) is 39.6 Å². The molecule has 0 unspecified atom stereocenters. The highest BCUT2D eigenvalue weighted by Crippen LogP contribution is 2.28. The molecule has 0 fully saturated rings. The van der Waals surface area contributed by atoms with Crippen LogP contribution >= 0.6 is 0 Å². The van der Waals surface area contributed by atoms with E-state index in [0.29, 0.717) is 22.5 Å². The molecule has 4 heterocycles. The second kappa shape index (κ2) is 6.66. The Morgan fingerprint density at radius 2 is 1.83 bits per heavy atom. The van der Waals surface area contributed by atoms with Crippen LogP contribution in [0.1, 0.15) is 36.8 Å². The number of benzene rings is 1. The molecule has 3 aromatic heterocycles. The highest BCUT2D eigenvalue weighted by atomic mass is 16.5. The molecule has 4 aromatic rings. The number of esters is 1. The molecule has 30 heavy (non-hydrogen) atoms. The first-order valence-corrected chi connectivity index (χ1v) is 8.98. The summed E-state index contributed by atoms with van der Waals surface area (Å²) in [6.07, 6.45) is 1.48. The van der Waals surface area contributed by atoms with Gasteiger partial charge in [0.15, 0.2) is 12.5 Å². The van der Waals surface area contributed by atoms with Crippen LogP contribution in [0.2, 0.25) is 0 Å². The number of hydrogen-bond donors (Lipinski definition) is 0. The van der Waals surface area contributed by atoms with Crippen molar-refractivity contribution >= 4 is 28.9 Å². The van der Waals surface area contributed by atoms with Crippen molar-refractivity contribution in [2.45, 2.75) is 6.92 Å². The van der Waals surface area contributed by atoms with E-state index < -0.39 is 24.5 Å². The standard InChI is InChI=1S/C21H13N3O6/c1-11-17-14(9-15(16-7-4-8-28-16)22-18(17)30-23-11)21(27)29-10-24-19(25)12-5-2-3-6-13(12)20(24)26/h2-9H,10H2,1H3. The molecule has 1 aliphatic heterocycles. The number of furan rings is 1. The van der Waals surface area contributed by atoms with Gasteiger partial charge in [-0.2, -0.15) is 0 Å². The number of rotatable bonds is 4. The van der Waals surface area contributed by atoms with Crippen LogP contribution in [0.5, 0.6) is 0 Å². The van der Waals surface area contributed by atoms with Gasteiger partial charge in [-0.05, 0) is 37.3 Å². The number of aryl methyl sites for hydroxylation is 1. The van der Waals surface area contributed by atoms with Gasteiger partial charge in [-0.15, -0.1) is 0 Å². The van der Waals surface area contributed by atoms with Crippen molar-refractivity contribution in [3.8, 4) is 11.5 Å². The number of imide groups is 1. The fourth-order valence-corrected chi connectivity index (χ4v) is 3.36. The maximum Gasteiger partial charge on any atom is 0.340 e. The van der Waals surface area contributed by atoms with Crippen LogP contribution < -0.4 is 0 Å². The second-order valence-electron chi connectivity index (χ2n) is 6.63. The summed E-state index contributed by atoms with van der Waals surface area (Å²) in [5.74, 6) is -1.35. The third kappa shape index (κ3) is 2.67. The van der Waals surface area contributed by atoms with Crippen molar-refractivity contribution in [1.82, 2.24) is 15.0 Å². The van der Waals surface area contributed by atoms with E-state index >= 15 is 0 Å². The summed E-state index contributed by atoms with van der Waals surface area (Å²) in [4.78, 5) is 43.0. The Labute approximate surface area is 168 Å². The van der Waals surface area contributed by atoms with Crippen molar-refractivity contribution in [2.24, 2.45) is 0 Å². The number of carbonyl (C=O) groups is 3. The van der Waals surface area contributed by atoms with E-state index in [-0.39, 0.29) is 22.4 Å². The highest BCUT2D eigenvalue weighted by Gasteiger charge is 2.36. The zero-order valence-corrected chi connectivity index (χ0v) is 15.6. The lowest BCUT2D eigenvalue weighted by molar-refractivity contribution is 0.0229. The van der Waals surface area contributed by atoms with E-state index in [2.05, 4.69) is 10.1 Å². The number of hydrogen-bond acceptors (Lipinski definition) is 8. The summed E-state index contributed by atoms with van der Waals surface area (Å²) in [7, 11) is 0. The molecular formula is C21H13N3O6. The Bertz CT molecular complexity index is 1290. The molecule has 0 bridgehead atoms. The molecule has 2 amide bonds. The third-order valence-corrected chi connectivity index (χ3v) is 4.81. The molecule has 148 valence electrons. The zero-order chi connectivity index (χ0) is 20.8. The third-order valence-electron chi connectivity index (χ3n) is 4.81. The van der Waals surface area contributed by atoms with Gasteiger partial charge in [-0.1, -0.05) is 17.3 Å². The Morgan fingerprint density at radius 1 is 1.10 bits per heavy atom. The van der Waals surface area contributed by atoms with Gasteiger partial charge < -0.3 is 13.7 Å². The van der Waals surface area contributed by atoms with Crippen molar-refractivity contribution in [3.05, 3.63) is 71.1 Å². The fourth-order valence-electron chi connectivity index (χ4n) is 3.36. The molecule has 0 N–H and O–H groups in total. The molecule has 0 aliphatic carbocycles. The van der Waals surface area contributed by atoms with Gasteiger partial charge in [-0.3, -0.25) is 9.59 Å². The first-order valence-electron chi connectivity index (χ1n) is 8.98. The fraction of sp³-hybridized carbons (Fsp3) is 0.0952. The quantitative estimate of drug-likeness (QED) is 0.377. The van der Waals surface area contributed by atoms with Crippen LogP contribution in [0, 0.1) is 6.92 Å². The Hall–Kier alpha value is -4.27. The van der Waals surface area contributed by atoms with Crippen LogP contribution in [0.15, 0.2) is 57.7 Å². The molecule has 0 spiro atoms. The van der Waals surface area contributed by atoms with E-state index in [4.69, 9.17) is 13.7 Å². The van der Waals surface area contributed by atoms with E-state index in [1.54, 1.807) is 43.3 Å². The Balaban J connectivity index is 1.45.